The lowest BCUT2D eigenvalue weighted by molar-refractivity contribution is -0.192. The fourth-order valence-corrected chi connectivity index (χ4v) is 3.80. The smallest absolute Gasteiger partial charge is 0.475 e. The average Bonchev–Trinajstić information content (AvgIpc) is 3.39. The highest BCUT2D eigenvalue weighted by Gasteiger charge is 2.44. The van der Waals surface area contributed by atoms with Crippen LogP contribution in [0.15, 0.2) is 41.3 Å². The third-order valence-electron chi connectivity index (χ3n) is 5.67. The lowest BCUT2D eigenvalue weighted by atomic mass is 9.88. The Balaban J connectivity index is 0.000000383. The number of alkyl halides is 3. The summed E-state index contributed by atoms with van der Waals surface area (Å²) in [7, 11) is 0. The minimum Gasteiger partial charge on any atom is -0.475 e. The topological polar surface area (TPSA) is 102 Å². The number of rotatable bonds is 4. The molecule has 11 heteroatoms. The van der Waals surface area contributed by atoms with Gasteiger partial charge in [0.2, 0.25) is 0 Å². The lowest BCUT2D eigenvalue weighted by Crippen LogP contribution is -2.46. The van der Waals surface area contributed by atoms with Crippen LogP contribution in [0.25, 0.3) is 0 Å². The van der Waals surface area contributed by atoms with Crippen molar-refractivity contribution in [3.63, 3.8) is 0 Å². The average molecular weight is 470 g/mol. The van der Waals surface area contributed by atoms with Gasteiger partial charge in [0, 0.05) is 37.5 Å². The van der Waals surface area contributed by atoms with Gasteiger partial charge in [0.1, 0.15) is 0 Å². The summed E-state index contributed by atoms with van der Waals surface area (Å²) < 4.78 is 49.2. The molecule has 1 atom stereocenters. The van der Waals surface area contributed by atoms with Crippen molar-refractivity contribution in [1.82, 2.24) is 9.88 Å². The number of carbonyl (C=O) groups is 2. The third kappa shape index (κ3) is 6.55. The summed E-state index contributed by atoms with van der Waals surface area (Å²) in [6.45, 7) is 4.48. The Kier molecular flexibility index (Phi) is 7.75. The van der Waals surface area contributed by atoms with Crippen LogP contribution >= 0.6 is 0 Å². The second-order valence-corrected chi connectivity index (χ2v) is 8.01. The molecule has 180 valence electrons. The summed E-state index contributed by atoms with van der Waals surface area (Å²) in [6, 6.07) is 5.75. The molecule has 2 fully saturated rings. The summed E-state index contributed by atoms with van der Waals surface area (Å²) in [4.78, 5) is 27.4. The Labute approximate surface area is 188 Å². The zero-order valence-electron chi connectivity index (χ0n) is 18.0. The molecule has 0 aromatic carbocycles. The van der Waals surface area contributed by atoms with Crippen molar-refractivity contribution in [3.05, 3.63) is 53.7 Å². The van der Waals surface area contributed by atoms with Crippen molar-refractivity contribution in [2.75, 3.05) is 19.7 Å². The molecule has 8 nitrogen and oxygen atoms in total. The van der Waals surface area contributed by atoms with Crippen LogP contribution < -0.4 is 0 Å². The van der Waals surface area contributed by atoms with Crippen LogP contribution in [-0.2, 0) is 20.9 Å². The fraction of sp³-hybridized carbons (Fsp3) is 0.500. The first-order valence-corrected chi connectivity index (χ1v) is 10.4. The molecule has 33 heavy (non-hydrogen) atoms. The molecule has 2 aromatic heterocycles. The van der Waals surface area contributed by atoms with Gasteiger partial charge in [-0.3, -0.25) is 9.78 Å². The van der Waals surface area contributed by atoms with Crippen LogP contribution in [0, 0.1) is 6.92 Å². The van der Waals surface area contributed by atoms with Crippen molar-refractivity contribution in [3.8, 4) is 0 Å². The summed E-state index contributed by atoms with van der Waals surface area (Å²) in [6.07, 6.45) is 2.72. The van der Waals surface area contributed by atoms with Crippen LogP contribution in [0.4, 0.5) is 13.2 Å². The maximum atomic E-state index is 12.6. The van der Waals surface area contributed by atoms with Crippen molar-refractivity contribution in [1.29, 1.82) is 0 Å². The van der Waals surface area contributed by atoms with Gasteiger partial charge in [-0.2, -0.15) is 13.2 Å². The SMILES string of the molecule is Cc1ccoc1C(=O)N1CCC2(CC1)CC(OCc1ccncc1)CO2.O=C(O)C(F)(F)F. The minimum atomic E-state index is -5.08. The normalized spacial score (nSPS) is 19.8. The van der Waals surface area contributed by atoms with Crippen molar-refractivity contribution in [2.24, 2.45) is 0 Å². The summed E-state index contributed by atoms with van der Waals surface area (Å²) in [5.41, 5.74) is 1.85. The summed E-state index contributed by atoms with van der Waals surface area (Å²) in [5.74, 6) is -2.33. The van der Waals surface area contributed by atoms with Gasteiger partial charge in [0.25, 0.3) is 5.91 Å². The molecule has 1 spiro atoms. The molecule has 0 radical (unpaired) electrons. The maximum Gasteiger partial charge on any atom is 0.490 e. The Morgan fingerprint density at radius 3 is 2.42 bits per heavy atom. The van der Waals surface area contributed by atoms with Gasteiger partial charge in [0.05, 0.1) is 31.2 Å². The molecule has 1 N–H and O–H groups in total. The Hall–Kier alpha value is -2.92. The van der Waals surface area contributed by atoms with E-state index in [2.05, 4.69) is 4.98 Å². The van der Waals surface area contributed by atoms with E-state index in [1.165, 1.54) is 0 Å². The van der Waals surface area contributed by atoms with E-state index in [1.807, 2.05) is 30.0 Å². The number of likely N-dealkylation sites (tertiary alicyclic amines) is 1. The van der Waals surface area contributed by atoms with Gasteiger partial charge in [-0.15, -0.1) is 0 Å². The van der Waals surface area contributed by atoms with Crippen LogP contribution in [-0.4, -0.2) is 64.4 Å². The molecule has 0 aliphatic carbocycles. The molecule has 2 aromatic rings. The number of nitrogens with zero attached hydrogens (tertiary/aromatic N) is 2. The summed E-state index contributed by atoms with van der Waals surface area (Å²) >= 11 is 0. The molecule has 2 saturated heterocycles. The first-order chi connectivity index (χ1) is 15.6. The van der Waals surface area contributed by atoms with Gasteiger partial charge in [-0.05, 0) is 43.5 Å². The minimum absolute atomic E-state index is 0.0224. The number of halogens is 3. The van der Waals surface area contributed by atoms with Gasteiger partial charge in [-0.25, -0.2) is 4.79 Å². The first kappa shape index (κ1) is 24.7. The number of aromatic nitrogens is 1. The third-order valence-corrected chi connectivity index (χ3v) is 5.67. The fourth-order valence-electron chi connectivity index (χ4n) is 3.80. The number of aliphatic carboxylic acids is 1. The maximum absolute atomic E-state index is 12.6. The Morgan fingerprint density at radius 1 is 1.24 bits per heavy atom. The van der Waals surface area contributed by atoms with Gasteiger partial charge in [0.15, 0.2) is 5.76 Å². The number of furan rings is 1. The molecule has 2 aliphatic rings. The number of hydrogen-bond acceptors (Lipinski definition) is 6. The number of carboxylic acid groups (broad SMARTS) is 1. The highest BCUT2D eigenvalue weighted by atomic mass is 19.4. The lowest BCUT2D eigenvalue weighted by Gasteiger charge is -2.38. The first-order valence-electron chi connectivity index (χ1n) is 10.4. The second kappa shape index (κ2) is 10.3. The van der Waals surface area contributed by atoms with Gasteiger partial charge >= 0.3 is 12.1 Å². The molecular formula is C22H25F3N2O6. The van der Waals surface area contributed by atoms with E-state index in [0.717, 1.165) is 30.4 Å². The molecule has 0 saturated carbocycles. The van der Waals surface area contributed by atoms with Crippen molar-refractivity contribution < 1.29 is 41.8 Å². The van der Waals surface area contributed by atoms with E-state index in [4.69, 9.17) is 23.8 Å². The van der Waals surface area contributed by atoms with E-state index in [-0.39, 0.29) is 17.6 Å². The van der Waals surface area contributed by atoms with Gasteiger partial charge in [-0.1, -0.05) is 0 Å². The Bertz CT molecular complexity index is 939. The molecule has 4 heterocycles. The largest absolute Gasteiger partial charge is 0.490 e. The molecular weight excluding hydrogens is 445 g/mol. The number of pyridine rings is 1. The van der Waals surface area contributed by atoms with E-state index in [1.54, 1.807) is 18.7 Å². The number of piperidine rings is 1. The number of hydrogen-bond donors (Lipinski definition) is 1. The van der Waals surface area contributed by atoms with E-state index < -0.39 is 12.1 Å². The number of amides is 1. The number of ether oxygens (including phenoxy) is 2. The van der Waals surface area contributed by atoms with Crippen LogP contribution in [0.1, 0.15) is 40.9 Å². The monoisotopic (exact) mass is 470 g/mol. The standard InChI is InChI=1S/C20H24N2O4.C2HF3O2/c1-15-4-11-24-18(15)19(23)22-9-5-20(6-10-22)12-17(14-26-20)25-13-16-2-7-21-8-3-16;3-2(4,5)1(6)7/h2-4,7-8,11,17H,5-6,9-10,12-14H2,1H3;(H,6,7). The van der Waals surface area contributed by atoms with Crippen LogP contribution in [0.5, 0.6) is 0 Å². The van der Waals surface area contributed by atoms with Crippen LogP contribution in [0.3, 0.4) is 0 Å². The Morgan fingerprint density at radius 2 is 1.88 bits per heavy atom. The zero-order chi connectivity index (χ0) is 24.1. The summed E-state index contributed by atoms with van der Waals surface area (Å²) in [5, 5.41) is 7.12. The predicted molar refractivity (Wildman–Crippen MR) is 108 cm³/mol. The molecule has 1 unspecified atom stereocenters. The molecule has 0 bridgehead atoms. The zero-order valence-corrected chi connectivity index (χ0v) is 18.0. The van der Waals surface area contributed by atoms with Crippen LogP contribution in [0.2, 0.25) is 0 Å². The van der Waals surface area contributed by atoms with Gasteiger partial charge < -0.3 is 23.9 Å². The molecule has 4 rings (SSSR count). The number of aryl methyl sites for hydroxylation is 1. The van der Waals surface area contributed by atoms with E-state index >= 15 is 0 Å². The molecule has 2 aliphatic heterocycles. The van der Waals surface area contributed by atoms with Crippen molar-refractivity contribution >= 4 is 11.9 Å². The van der Waals surface area contributed by atoms with E-state index in [9.17, 15) is 18.0 Å². The van der Waals surface area contributed by atoms with E-state index in [0.29, 0.717) is 32.1 Å². The van der Waals surface area contributed by atoms with Crippen molar-refractivity contribution in [2.45, 2.75) is 50.7 Å². The number of carboxylic acids is 1. The quantitative estimate of drug-likeness (QED) is 0.729. The predicted octanol–water partition coefficient (Wildman–Crippen LogP) is 3.60. The number of carbonyl (C=O) groups excluding carboxylic acids is 1. The highest BCUT2D eigenvalue weighted by molar-refractivity contribution is 5.92. The second-order valence-electron chi connectivity index (χ2n) is 8.01. The highest BCUT2D eigenvalue weighted by Crippen LogP contribution is 2.37. The molecule has 1 amide bonds.